The second kappa shape index (κ2) is 8.58. The second-order valence-electron chi connectivity index (χ2n) is 6.34. The van der Waals surface area contributed by atoms with Crippen molar-refractivity contribution in [2.75, 3.05) is 32.7 Å². The van der Waals surface area contributed by atoms with E-state index in [-0.39, 0.29) is 17.6 Å². The molecule has 0 bridgehead atoms. The molecular formula is C20H22FN3O2. The zero-order valence-electron chi connectivity index (χ0n) is 14.5. The minimum atomic E-state index is -0.354. The Balaban J connectivity index is 1.42. The Morgan fingerprint density at radius 2 is 1.58 bits per heavy atom. The molecule has 0 saturated carbocycles. The molecule has 0 radical (unpaired) electrons. The van der Waals surface area contributed by atoms with Crippen molar-refractivity contribution in [1.82, 2.24) is 15.1 Å². The molecule has 6 heteroatoms. The molecule has 26 heavy (non-hydrogen) atoms. The molecule has 1 N–H and O–H groups in total. The summed E-state index contributed by atoms with van der Waals surface area (Å²) in [7, 11) is 0. The fourth-order valence-corrected chi connectivity index (χ4v) is 2.94. The summed E-state index contributed by atoms with van der Waals surface area (Å²) in [5.74, 6) is -0.474. The Bertz CT molecular complexity index is 741. The van der Waals surface area contributed by atoms with E-state index >= 15 is 0 Å². The topological polar surface area (TPSA) is 52.7 Å². The maximum absolute atomic E-state index is 13.0. The van der Waals surface area contributed by atoms with Crippen LogP contribution in [0.3, 0.4) is 0 Å². The van der Waals surface area contributed by atoms with Gasteiger partial charge in [-0.3, -0.25) is 14.5 Å². The van der Waals surface area contributed by atoms with E-state index in [1.54, 1.807) is 4.90 Å². The number of rotatable bonds is 5. The lowest BCUT2D eigenvalue weighted by atomic mass is 10.2. The van der Waals surface area contributed by atoms with Crippen LogP contribution in [0.2, 0.25) is 0 Å². The molecule has 2 amide bonds. The predicted octanol–water partition coefficient (Wildman–Crippen LogP) is 1.90. The average molecular weight is 355 g/mol. The molecule has 0 aliphatic carbocycles. The van der Waals surface area contributed by atoms with Crippen molar-refractivity contribution in [3.63, 3.8) is 0 Å². The van der Waals surface area contributed by atoms with Crippen LogP contribution < -0.4 is 5.32 Å². The summed E-state index contributed by atoms with van der Waals surface area (Å²) < 4.78 is 13.0. The predicted molar refractivity (Wildman–Crippen MR) is 97.0 cm³/mol. The molecule has 136 valence electrons. The van der Waals surface area contributed by atoms with E-state index < -0.39 is 0 Å². The van der Waals surface area contributed by atoms with E-state index in [9.17, 15) is 14.0 Å². The molecule has 0 aromatic heterocycles. The Hall–Kier alpha value is -2.73. The first-order valence-corrected chi connectivity index (χ1v) is 8.69. The molecule has 1 fully saturated rings. The van der Waals surface area contributed by atoms with E-state index in [0.29, 0.717) is 44.8 Å². The van der Waals surface area contributed by atoms with Crippen LogP contribution in [0.15, 0.2) is 54.6 Å². The number of carbonyl (C=O) groups is 2. The van der Waals surface area contributed by atoms with Crippen LogP contribution in [0.4, 0.5) is 4.39 Å². The van der Waals surface area contributed by atoms with Gasteiger partial charge in [0.1, 0.15) is 5.82 Å². The lowest BCUT2D eigenvalue weighted by Crippen LogP contribution is -2.51. The van der Waals surface area contributed by atoms with Gasteiger partial charge in [0.05, 0.1) is 6.54 Å². The highest BCUT2D eigenvalue weighted by atomic mass is 19.1. The van der Waals surface area contributed by atoms with Gasteiger partial charge < -0.3 is 10.2 Å². The average Bonchev–Trinajstić information content (AvgIpc) is 2.68. The molecule has 1 heterocycles. The number of hydrogen-bond donors (Lipinski definition) is 1. The minimum Gasteiger partial charge on any atom is -0.351 e. The van der Waals surface area contributed by atoms with Crippen LogP contribution in [-0.4, -0.2) is 54.3 Å². The highest BCUT2D eigenvalue weighted by Crippen LogP contribution is 2.10. The van der Waals surface area contributed by atoms with Crippen LogP contribution in [0.25, 0.3) is 0 Å². The fraction of sp³-hybridized carbons (Fsp3) is 0.300. The molecule has 3 rings (SSSR count). The second-order valence-corrected chi connectivity index (χ2v) is 6.34. The van der Waals surface area contributed by atoms with Crippen LogP contribution in [0.1, 0.15) is 15.9 Å². The minimum absolute atomic E-state index is 0.0211. The lowest BCUT2D eigenvalue weighted by Gasteiger charge is -2.34. The van der Waals surface area contributed by atoms with Gasteiger partial charge in [-0.2, -0.15) is 0 Å². The van der Waals surface area contributed by atoms with Crippen LogP contribution >= 0.6 is 0 Å². The fourth-order valence-electron chi connectivity index (χ4n) is 2.94. The molecule has 1 aliphatic heterocycles. The van der Waals surface area contributed by atoms with Gasteiger partial charge in [0.25, 0.3) is 5.91 Å². The van der Waals surface area contributed by atoms with Gasteiger partial charge in [0.2, 0.25) is 5.91 Å². The molecule has 5 nitrogen and oxygen atoms in total. The zero-order valence-corrected chi connectivity index (χ0v) is 14.5. The number of piperazine rings is 1. The lowest BCUT2D eigenvalue weighted by molar-refractivity contribution is -0.122. The Morgan fingerprint density at radius 3 is 2.23 bits per heavy atom. The van der Waals surface area contributed by atoms with Gasteiger partial charge in [-0.25, -0.2) is 4.39 Å². The summed E-state index contributed by atoms with van der Waals surface area (Å²) in [5.41, 5.74) is 1.55. The maximum atomic E-state index is 13.0. The standard InChI is InChI=1S/C20H22FN3O2/c21-18-8-6-17(7-9-18)20(26)24-12-10-23(11-13-24)15-19(25)22-14-16-4-2-1-3-5-16/h1-9H,10-15H2,(H,22,25). The highest BCUT2D eigenvalue weighted by molar-refractivity contribution is 5.94. The molecular weight excluding hydrogens is 333 g/mol. The summed E-state index contributed by atoms with van der Waals surface area (Å²) in [5, 5.41) is 2.91. The van der Waals surface area contributed by atoms with Crippen molar-refractivity contribution in [2.45, 2.75) is 6.54 Å². The summed E-state index contributed by atoms with van der Waals surface area (Å²) >= 11 is 0. The third-order valence-electron chi connectivity index (χ3n) is 4.45. The van der Waals surface area contributed by atoms with Crippen LogP contribution in [0, 0.1) is 5.82 Å². The molecule has 0 spiro atoms. The molecule has 1 saturated heterocycles. The molecule has 1 aliphatic rings. The van der Waals surface area contributed by atoms with Gasteiger partial charge in [-0.05, 0) is 29.8 Å². The number of benzene rings is 2. The third kappa shape index (κ3) is 4.89. The monoisotopic (exact) mass is 355 g/mol. The van der Waals surface area contributed by atoms with Crippen LogP contribution in [0.5, 0.6) is 0 Å². The number of carbonyl (C=O) groups excluding carboxylic acids is 2. The quantitative estimate of drug-likeness (QED) is 0.891. The first-order valence-electron chi connectivity index (χ1n) is 8.69. The van der Waals surface area contributed by atoms with Gasteiger partial charge in [-0.15, -0.1) is 0 Å². The summed E-state index contributed by atoms with van der Waals surface area (Å²) in [4.78, 5) is 28.3. The number of amides is 2. The van der Waals surface area contributed by atoms with Crippen molar-refractivity contribution in [3.05, 3.63) is 71.5 Å². The van der Waals surface area contributed by atoms with Gasteiger partial charge >= 0.3 is 0 Å². The normalized spacial score (nSPS) is 14.9. The van der Waals surface area contributed by atoms with E-state index in [2.05, 4.69) is 5.32 Å². The van der Waals surface area contributed by atoms with Gasteiger partial charge in [-0.1, -0.05) is 30.3 Å². The highest BCUT2D eigenvalue weighted by Gasteiger charge is 2.23. The van der Waals surface area contributed by atoms with E-state index in [1.807, 2.05) is 35.2 Å². The summed E-state index contributed by atoms with van der Waals surface area (Å²) in [6.07, 6.45) is 0. The van der Waals surface area contributed by atoms with Crippen molar-refractivity contribution in [3.8, 4) is 0 Å². The van der Waals surface area contributed by atoms with E-state index in [1.165, 1.54) is 24.3 Å². The molecule has 0 unspecified atom stereocenters. The zero-order chi connectivity index (χ0) is 18.4. The van der Waals surface area contributed by atoms with Crippen molar-refractivity contribution < 1.29 is 14.0 Å². The van der Waals surface area contributed by atoms with E-state index in [4.69, 9.17) is 0 Å². The molecule has 2 aromatic rings. The largest absolute Gasteiger partial charge is 0.351 e. The summed E-state index contributed by atoms with van der Waals surface area (Å²) in [6.45, 7) is 3.25. The van der Waals surface area contributed by atoms with E-state index in [0.717, 1.165) is 5.56 Å². The van der Waals surface area contributed by atoms with Crippen molar-refractivity contribution in [2.24, 2.45) is 0 Å². The smallest absolute Gasteiger partial charge is 0.253 e. The van der Waals surface area contributed by atoms with Gasteiger partial charge in [0, 0.05) is 38.3 Å². The van der Waals surface area contributed by atoms with Crippen molar-refractivity contribution >= 4 is 11.8 Å². The SMILES string of the molecule is O=C(CN1CCN(C(=O)c2ccc(F)cc2)CC1)NCc1ccccc1. The molecule has 2 aromatic carbocycles. The van der Waals surface area contributed by atoms with Gasteiger partial charge in [0.15, 0.2) is 0 Å². The Morgan fingerprint density at radius 1 is 0.923 bits per heavy atom. The Labute approximate surface area is 152 Å². The summed E-state index contributed by atoms with van der Waals surface area (Å²) in [6, 6.07) is 15.4. The number of halogens is 1. The molecule has 0 atom stereocenters. The number of nitrogens with one attached hydrogen (secondary N) is 1. The van der Waals surface area contributed by atoms with Crippen molar-refractivity contribution in [1.29, 1.82) is 0 Å². The number of nitrogens with zero attached hydrogens (tertiary/aromatic N) is 2. The van der Waals surface area contributed by atoms with Crippen LogP contribution in [-0.2, 0) is 11.3 Å². The first-order chi connectivity index (χ1) is 12.6. The Kier molecular flexibility index (Phi) is 5.96. The number of hydrogen-bond acceptors (Lipinski definition) is 3. The first kappa shape index (κ1) is 18.1. The third-order valence-corrected chi connectivity index (χ3v) is 4.45. The maximum Gasteiger partial charge on any atom is 0.253 e.